The lowest BCUT2D eigenvalue weighted by Crippen LogP contribution is -2.34. The van der Waals surface area contributed by atoms with E-state index in [1.807, 2.05) is 6.92 Å². The Hall–Kier alpha value is -0.243. The maximum absolute atomic E-state index is 5.83. The molecule has 0 unspecified atom stereocenters. The third-order valence-electron chi connectivity index (χ3n) is 2.32. The molecule has 0 aromatic rings. The molecule has 0 aromatic heterocycles. The predicted octanol–water partition coefficient (Wildman–Crippen LogP) is 3.54. The van der Waals surface area contributed by atoms with Gasteiger partial charge in [0.05, 0.1) is 5.76 Å². The highest BCUT2D eigenvalue weighted by Gasteiger charge is 2.29. The van der Waals surface area contributed by atoms with Gasteiger partial charge in [-0.2, -0.15) is 0 Å². The minimum Gasteiger partial charge on any atom is -0.547 e. The second kappa shape index (κ2) is 4.60. The van der Waals surface area contributed by atoms with Crippen molar-refractivity contribution in [3.05, 3.63) is 12.3 Å². The standard InChI is InChI=1S/C9H20OSi/c1-6-11(7-2,8-3)10-9(4)5/h4,6-8H2,1-3,5H3. The van der Waals surface area contributed by atoms with Crippen molar-refractivity contribution in [2.24, 2.45) is 0 Å². The molecule has 0 saturated heterocycles. The second-order valence-electron chi connectivity index (χ2n) is 3.05. The molecule has 0 aliphatic heterocycles. The van der Waals surface area contributed by atoms with Crippen LogP contribution in [-0.2, 0) is 4.43 Å². The van der Waals surface area contributed by atoms with Crippen LogP contribution in [0.5, 0.6) is 0 Å². The highest BCUT2D eigenvalue weighted by molar-refractivity contribution is 6.73. The summed E-state index contributed by atoms with van der Waals surface area (Å²) in [4.78, 5) is 0. The topological polar surface area (TPSA) is 9.23 Å². The van der Waals surface area contributed by atoms with E-state index < -0.39 is 8.32 Å². The molecule has 0 spiro atoms. The van der Waals surface area contributed by atoms with E-state index >= 15 is 0 Å². The van der Waals surface area contributed by atoms with E-state index in [2.05, 4.69) is 27.4 Å². The Morgan fingerprint density at radius 3 is 1.64 bits per heavy atom. The highest BCUT2D eigenvalue weighted by atomic mass is 28.4. The Balaban J connectivity index is 4.16. The summed E-state index contributed by atoms with van der Waals surface area (Å²) >= 11 is 0. The van der Waals surface area contributed by atoms with Gasteiger partial charge in [0, 0.05) is 0 Å². The predicted molar refractivity (Wildman–Crippen MR) is 53.1 cm³/mol. The first kappa shape index (κ1) is 10.8. The molecule has 0 bridgehead atoms. The molecule has 1 nitrogen and oxygen atoms in total. The van der Waals surface area contributed by atoms with E-state index in [0.717, 1.165) is 5.76 Å². The molecule has 0 amide bonds. The van der Waals surface area contributed by atoms with Gasteiger partial charge in [-0.25, -0.2) is 0 Å². The minimum absolute atomic E-state index is 0.891. The molecule has 2 heteroatoms. The third-order valence-corrected chi connectivity index (χ3v) is 6.97. The molecular weight excluding hydrogens is 152 g/mol. The Bertz CT molecular complexity index is 119. The number of hydrogen-bond donors (Lipinski definition) is 0. The summed E-state index contributed by atoms with van der Waals surface area (Å²) in [5.41, 5.74) is 0. The summed E-state index contributed by atoms with van der Waals surface area (Å²) in [6.45, 7) is 12.4. The SMILES string of the molecule is C=C(C)O[Si](CC)(CC)CC. The van der Waals surface area contributed by atoms with Crippen LogP contribution in [0.4, 0.5) is 0 Å². The van der Waals surface area contributed by atoms with Crippen LogP contribution in [0.25, 0.3) is 0 Å². The molecule has 0 aromatic carbocycles. The van der Waals surface area contributed by atoms with E-state index in [9.17, 15) is 0 Å². The second-order valence-corrected chi connectivity index (χ2v) is 7.74. The Labute approximate surface area is 71.6 Å². The van der Waals surface area contributed by atoms with E-state index in [1.54, 1.807) is 0 Å². The van der Waals surface area contributed by atoms with Crippen molar-refractivity contribution >= 4 is 8.32 Å². The zero-order valence-corrected chi connectivity index (χ0v) is 9.24. The zero-order chi connectivity index (χ0) is 8.91. The first-order chi connectivity index (χ1) is 5.10. The molecule has 66 valence electrons. The van der Waals surface area contributed by atoms with Gasteiger partial charge in [-0.15, -0.1) is 0 Å². The van der Waals surface area contributed by atoms with Crippen molar-refractivity contribution in [1.29, 1.82) is 0 Å². The van der Waals surface area contributed by atoms with Gasteiger partial charge in [0.2, 0.25) is 8.32 Å². The normalized spacial score (nSPS) is 11.3. The van der Waals surface area contributed by atoms with Gasteiger partial charge in [-0.3, -0.25) is 0 Å². The fraction of sp³-hybridized carbons (Fsp3) is 0.778. The van der Waals surface area contributed by atoms with E-state index in [-0.39, 0.29) is 0 Å². The summed E-state index contributed by atoms with van der Waals surface area (Å²) in [5, 5.41) is 0. The fourth-order valence-electron chi connectivity index (χ4n) is 1.34. The van der Waals surface area contributed by atoms with Gasteiger partial charge in [-0.05, 0) is 25.1 Å². The van der Waals surface area contributed by atoms with Crippen LogP contribution in [0.3, 0.4) is 0 Å². The molecule has 0 rings (SSSR count). The molecule has 0 aliphatic carbocycles. The molecule has 0 N–H and O–H groups in total. The zero-order valence-electron chi connectivity index (χ0n) is 8.24. The molecule has 0 radical (unpaired) electrons. The first-order valence-corrected chi connectivity index (χ1v) is 6.97. The van der Waals surface area contributed by atoms with Gasteiger partial charge in [0.25, 0.3) is 0 Å². The number of hydrogen-bond acceptors (Lipinski definition) is 1. The molecule has 0 atom stereocenters. The Morgan fingerprint density at radius 2 is 1.55 bits per heavy atom. The smallest absolute Gasteiger partial charge is 0.249 e. The van der Waals surface area contributed by atoms with E-state index in [4.69, 9.17) is 4.43 Å². The van der Waals surface area contributed by atoms with Crippen LogP contribution in [0.2, 0.25) is 18.1 Å². The highest BCUT2D eigenvalue weighted by Crippen LogP contribution is 2.23. The number of allylic oxidation sites excluding steroid dienone is 1. The van der Waals surface area contributed by atoms with Crippen molar-refractivity contribution in [3.8, 4) is 0 Å². The molecular formula is C9H20OSi. The average Bonchev–Trinajstić information content (AvgIpc) is 2.00. The van der Waals surface area contributed by atoms with Crippen LogP contribution < -0.4 is 0 Å². The largest absolute Gasteiger partial charge is 0.547 e. The van der Waals surface area contributed by atoms with Crippen molar-refractivity contribution in [2.75, 3.05) is 0 Å². The van der Waals surface area contributed by atoms with Crippen LogP contribution in [0.15, 0.2) is 12.3 Å². The maximum Gasteiger partial charge on any atom is 0.249 e. The Morgan fingerprint density at radius 1 is 1.18 bits per heavy atom. The van der Waals surface area contributed by atoms with E-state index in [0.29, 0.717) is 0 Å². The monoisotopic (exact) mass is 172 g/mol. The summed E-state index contributed by atoms with van der Waals surface area (Å²) in [5.74, 6) is 0.891. The van der Waals surface area contributed by atoms with Gasteiger partial charge in [-0.1, -0.05) is 27.4 Å². The molecule has 11 heavy (non-hydrogen) atoms. The Kier molecular flexibility index (Phi) is 4.50. The summed E-state index contributed by atoms with van der Waals surface area (Å²) in [6, 6.07) is 3.60. The summed E-state index contributed by atoms with van der Waals surface area (Å²) in [7, 11) is -1.38. The van der Waals surface area contributed by atoms with Gasteiger partial charge in [0.1, 0.15) is 0 Å². The van der Waals surface area contributed by atoms with Crippen molar-refractivity contribution in [1.82, 2.24) is 0 Å². The molecule has 0 fully saturated rings. The summed E-state index contributed by atoms with van der Waals surface area (Å²) < 4.78 is 5.83. The quantitative estimate of drug-likeness (QED) is 0.455. The lowest BCUT2D eigenvalue weighted by Gasteiger charge is -2.28. The van der Waals surface area contributed by atoms with Crippen LogP contribution in [0.1, 0.15) is 27.7 Å². The maximum atomic E-state index is 5.83. The lowest BCUT2D eigenvalue weighted by atomic mass is 10.7. The number of rotatable bonds is 5. The van der Waals surface area contributed by atoms with E-state index in [1.165, 1.54) is 18.1 Å². The average molecular weight is 172 g/mol. The van der Waals surface area contributed by atoms with Crippen LogP contribution >= 0.6 is 0 Å². The first-order valence-electron chi connectivity index (χ1n) is 4.44. The van der Waals surface area contributed by atoms with Gasteiger partial charge >= 0.3 is 0 Å². The molecule has 0 heterocycles. The molecule has 0 aliphatic rings. The van der Waals surface area contributed by atoms with Gasteiger partial charge < -0.3 is 4.43 Å². The van der Waals surface area contributed by atoms with Crippen molar-refractivity contribution < 1.29 is 4.43 Å². The lowest BCUT2D eigenvalue weighted by molar-refractivity contribution is 0.409. The molecule has 0 saturated carbocycles. The van der Waals surface area contributed by atoms with Gasteiger partial charge in [0.15, 0.2) is 0 Å². The summed E-state index contributed by atoms with van der Waals surface area (Å²) in [6.07, 6.45) is 0. The third kappa shape index (κ3) is 3.10. The van der Waals surface area contributed by atoms with Crippen LogP contribution in [-0.4, -0.2) is 8.32 Å². The fourth-order valence-corrected chi connectivity index (χ4v) is 4.01. The van der Waals surface area contributed by atoms with Crippen molar-refractivity contribution in [2.45, 2.75) is 45.8 Å². The van der Waals surface area contributed by atoms with Crippen LogP contribution in [0, 0.1) is 0 Å². The van der Waals surface area contributed by atoms with Crippen molar-refractivity contribution in [3.63, 3.8) is 0 Å². The minimum atomic E-state index is -1.38.